The van der Waals surface area contributed by atoms with Gasteiger partial charge < -0.3 is 10.6 Å². The summed E-state index contributed by atoms with van der Waals surface area (Å²) in [6.07, 6.45) is 0. The second-order valence-electron chi connectivity index (χ2n) is 4.70. The van der Waals surface area contributed by atoms with Gasteiger partial charge in [0, 0.05) is 23.9 Å². The number of hydrogen-bond acceptors (Lipinski definition) is 2. The molecule has 2 aromatic rings. The molecular weight excluding hydrogens is 274 g/mol. The summed E-state index contributed by atoms with van der Waals surface area (Å²) in [5.41, 5.74) is 2.03. The first-order chi connectivity index (χ1) is 10.1. The van der Waals surface area contributed by atoms with Crippen molar-refractivity contribution in [1.29, 1.82) is 0 Å². The van der Waals surface area contributed by atoms with E-state index >= 15 is 0 Å². The van der Waals surface area contributed by atoms with Gasteiger partial charge in [0.05, 0.1) is 6.54 Å². The molecule has 0 unspecified atom stereocenters. The van der Waals surface area contributed by atoms with Gasteiger partial charge in [0.15, 0.2) is 0 Å². The smallest absolute Gasteiger partial charge is 0.238 e. The highest BCUT2D eigenvalue weighted by Gasteiger charge is 2.06. The van der Waals surface area contributed by atoms with Crippen LogP contribution < -0.4 is 10.6 Å². The summed E-state index contributed by atoms with van der Waals surface area (Å²) in [5.74, 6) is -1.46. The third-order valence-electron chi connectivity index (χ3n) is 3.04. The van der Waals surface area contributed by atoms with Crippen LogP contribution in [0.25, 0.3) is 0 Å². The Morgan fingerprint density at radius 3 is 2.62 bits per heavy atom. The maximum Gasteiger partial charge on any atom is 0.238 e. The fourth-order valence-corrected chi connectivity index (χ4v) is 1.88. The van der Waals surface area contributed by atoms with Crippen LogP contribution in [-0.2, 0) is 11.3 Å². The number of carbonyl (C=O) groups excluding carboxylic acids is 1. The lowest BCUT2D eigenvalue weighted by Gasteiger charge is -2.09. The molecule has 0 aromatic heterocycles. The van der Waals surface area contributed by atoms with Gasteiger partial charge in [-0.2, -0.15) is 0 Å². The summed E-state index contributed by atoms with van der Waals surface area (Å²) in [6.45, 7) is 2.11. The zero-order valence-corrected chi connectivity index (χ0v) is 11.6. The van der Waals surface area contributed by atoms with Crippen LogP contribution in [0.4, 0.5) is 14.5 Å². The minimum Gasteiger partial charge on any atom is -0.325 e. The van der Waals surface area contributed by atoms with Crippen molar-refractivity contribution in [3.8, 4) is 0 Å². The summed E-state index contributed by atoms with van der Waals surface area (Å²) in [5, 5.41) is 5.59. The van der Waals surface area contributed by atoms with Crippen molar-refractivity contribution in [2.24, 2.45) is 0 Å². The number of hydrogen-bond donors (Lipinski definition) is 2. The molecule has 5 heteroatoms. The van der Waals surface area contributed by atoms with Crippen molar-refractivity contribution in [3.05, 3.63) is 65.2 Å². The van der Waals surface area contributed by atoms with E-state index in [1.54, 1.807) is 0 Å². The zero-order chi connectivity index (χ0) is 15.2. The highest BCUT2D eigenvalue weighted by atomic mass is 19.1. The Balaban J connectivity index is 1.83. The van der Waals surface area contributed by atoms with Crippen molar-refractivity contribution >= 4 is 11.6 Å². The zero-order valence-electron chi connectivity index (χ0n) is 11.6. The van der Waals surface area contributed by atoms with Gasteiger partial charge >= 0.3 is 0 Å². The number of rotatable bonds is 5. The Morgan fingerprint density at radius 1 is 1.14 bits per heavy atom. The van der Waals surface area contributed by atoms with Gasteiger partial charge in [-0.1, -0.05) is 24.3 Å². The van der Waals surface area contributed by atoms with Crippen molar-refractivity contribution < 1.29 is 13.6 Å². The van der Waals surface area contributed by atoms with Gasteiger partial charge in [-0.3, -0.25) is 4.79 Å². The number of aryl methyl sites for hydroxylation is 1. The average molecular weight is 290 g/mol. The fraction of sp³-hybridized carbons (Fsp3) is 0.188. The molecule has 0 atom stereocenters. The summed E-state index contributed by atoms with van der Waals surface area (Å²) in [4.78, 5) is 11.8. The SMILES string of the molecule is Cc1ccccc1NC(=O)CNCc1ccc(F)cc1F. The Hall–Kier alpha value is -2.27. The first-order valence-electron chi connectivity index (χ1n) is 6.56. The van der Waals surface area contributed by atoms with Gasteiger partial charge in [-0.05, 0) is 24.6 Å². The van der Waals surface area contributed by atoms with Crippen LogP contribution in [0.5, 0.6) is 0 Å². The van der Waals surface area contributed by atoms with Crippen molar-refractivity contribution in [1.82, 2.24) is 5.32 Å². The van der Waals surface area contributed by atoms with Gasteiger partial charge in [0.25, 0.3) is 0 Å². The maximum absolute atomic E-state index is 13.4. The predicted octanol–water partition coefficient (Wildman–Crippen LogP) is 3.00. The lowest BCUT2D eigenvalue weighted by atomic mass is 10.2. The van der Waals surface area contributed by atoms with E-state index in [0.29, 0.717) is 5.56 Å². The fourth-order valence-electron chi connectivity index (χ4n) is 1.88. The molecule has 110 valence electrons. The first-order valence-corrected chi connectivity index (χ1v) is 6.56. The van der Waals surface area contributed by atoms with Gasteiger partial charge in [-0.15, -0.1) is 0 Å². The van der Waals surface area contributed by atoms with E-state index in [4.69, 9.17) is 0 Å². The molecule has 2 N–H and O–H groups in total. The number of nitrogens with one attached hydrogen (secondary N) is 2. The molecule has 0 aliphatic heterocycles. The molecule has 0 heterocycles. The second-order valence-corrected chi connectivity index (χ2v) is 4.70. The lowest BCUT2D eigenvalue weighted by Crippen LogP contribution is -2.28. The van der Waals surface area contributed by atoms with Crippen molar-refractivity contribution in [2.75, 3.05) is 11.9 Å². The Morgan fingerprint density at radius 2 is 1.90 bits per heavy atom. The van der Waals surface area contributed by atoms with E-state index in [1.165, 1.54) is 12.1 Å². The van der Waals surface area contributed by atoms with Gasteiger partial charge in [-0.25, -0.2) is 8.78 Å². The standard InChI is InChI=1S/C16H16F2N2O/c1-11-4-2-3-5-15(11)20-16(21)10-19-9-12-6-7-13(17)8-14(12)18/h2-8,19H,9-10H2,1H3,(H,20,21). The molecule has 0 spiro atoms. The maximum atomic E-state index is 13.4. The van der Waals surface area contributed by atoms with Crippen LogP contribution in [-0.4, -0.2) is 12.5 Å². The third kappa shape index (κ3) is 4.36. The quantitative estimate of drug-likeness (QED) is 0.889. The molecule has 2 rings (SSSR count). The molecule has 0 aliphatic carbocycles. The number of amides is 1. The summed E-state index contributed by atoms with van der Waals surface area (Å²) in [7, 11) is 0. The highest BCUT2D eigenvalue weighted by molar-refractivity contribution is 5.92. The van der Waals surface area contributed by atoms with Crippen LogP contribution in [0, 0.1) is 18.6 Å². The molecule has 0 radical (unpaired) electrons. The Bertz CT molecular complexity index is 644. The molecule has 3 nitrogen and oxygen atoms in total. The van der Waals surface area contributed by atoms with Crippen LogP contribution in [0.2, 0.25) is 0 Å². The largest absolute Gasteiger partial charge is 0.325 e. The van der Waals surface area contributed by atoms with Gasteiger partial charge in [0.2, 0.25) is 5.91 Å². The summed E-state index contributed by atoms with van der Waals surface area (Å²) in [6, 6.07) is 10.8. The van der Waals surface area contributed by atoms with E-state index in [9.17, 15) is 13.6 Å². The molecule has 0 fully saturated rings. The number of halogens is 2. The minimum absolute atomic E-state index is 0.0468. The molecule has 0 bridgehead atoms. The van der Waals surface area contributed by atoms with Crippen molar-refractivity contribution in [2.45, 2.75) is 13.5 Å². The molecule has 0 aliphatic rings. The van der Waals surface area contributed by atoms with Gasteiger partial charge in [0.1, 0.15) is 11.6 Å². The predicted molar refractivity (Wildman–Crippen MR) is 77.9 cm³/mol. The molecule has 1 amide bonds. The number of anilines is 1. The molecule has 21 heavy (non-hydrogen) atoms. The minimum atomic E-state index is -0.623. The van der Waals surface area contributed by atoms with Crippen LogP contribution in [0.3, 0.4) is 0 Å². The molecule has 2 aromatic carbocycles. The van der Waals surface area contributed by atoms with Crippen LogP contribution >= 0.6 is 0 Å². The number of benzene rings is 2. The Labute approximate surface area is 122 Å². The summed E-state index contributed by atoms with van der Waals surface area (Å²) >= 11 is 0. The summed E-state index contributed by atoms with van der Waals surface area (Å²) < 4.78 is 26.1. The Kier molecular flexibility index (Phi) is 5.00. The number of para-hydroxylation sites is 1. The topological polar surface area (TPSA) is 41.1 Å². The molecular formula is C16H16F2N2O. The highest BCUT2D eigenvalue weighted by Crippen LogP contribution is 2.12. The second kappa shape index (κ2) is 6.95. The normalized spacial score (nSPS) is 10.4. The van der Waals surface area contributed by atoms with E-state index in [-0.39, 0.29) is 19.0 Å². The van der Waals surface area contributed by atoms with Crippen LogP contribution in [0.1, 0.15) is 11.1 Å². The van der Waals surface area contributed by atoms with E-state index in [2.05, 4.69) is 10.6 Å². The van der Waals surface area contributed by atoms with E-state index in [1.807, 2.05) is 31.2 Å². The monoisotopic (exact) mass is 290 g/mol. The lowest BCUT2D eigenvalue weighted by molar-refractivity contribution is -0.115. The van der Waals surface area contributed by atoms with Crippen molar-refractivity contribution in [3.63, 3.8) is 0 Å². The van der Waals surface area contributed by atoms with E-state index < -0.39 is 11.6 Å². The molecule has 0 saturated heterocycles. The van der Waals surface area contributed by atoms with E-state index in [0.717, 1.165) is 17.3 Å². The van der Waals surface area contributed by atoms with Crippen LogP contribution in [0.15, 0.2) is 42.5 Å². The first kappa shape index (κ1) is 15.1. The average Bonchev–Trinajstić information content (AvgIpc) is 2.44. The third-order valence-corrected chi connectivity index (χ3v) is 3.04. The molecule has 0 saturated carbocycles. The number of carbonyl (C=O) groups is 1.